The molecule has 0 bridgehead atoms. The summed E-state index contributed by atoms with van der Waals surface area (Å²) in [4.78, 5) is 40.2. The minimum atomic E-state index is -1.72. The fourth-order valence-electron chi connectivity index (χ4n) is 5.21. The second kappa shape index (κ2) is 6.43. The van der Waals surface area contributed by atoms with Gasteiger partial charge in [0.15, 0.2) is 28.8 Å². The van der Waals surface area contributed by atoms with Crippen molar-refractivity contribution in [2.45, 2.75) is 64.9 Å². The largest absolute Gasteiger partial charge is 0.504 e. The van der Waals surface area contributed by atoms with Gasteiger partial charge in [0.2, 0.25) is 5.60 Å². The van der Waals surface area contributed by atoms with Gasteiger partial charge in [0, 0.05) is 31.3 Å². The Morgan fingerprint density at radius 2 is 1.57 bits per heavy atom. The lowest BCUT2D eigenvalue weighted by molar-refractivity contribution is -0.160. The number of ketones is 3. The Kier molecular flexibility index (Phi) is 4.42. The molecule has 0 saturated heterocycles. The van der Waals surface area contributed by atoms with Crippen LogP contribution in [0, 0.1) is 10.8 Å². The Morgan fingerprint density at radius 1 is 0.967 bits per heavy atom. The molecule has 1 saturated carbocycles. The van der Waals surface area contributed by atoms with Crippen LogP contribution in [0.25, 0.3) is 0 Å². The molecule has 30 heavy (non-hydrogen) atoms. The van der Waals surface area contributed by atoms with Gasteiger partial charge in [-0.05, 0) is 28.5 Å². The van der Waals surface area contributed by atoms with Crippen LogP contribution in [0.2, 0.25) is 0 Å². The van der Waals surface area contributed by atoms with E-state index in [1.165, 1.54) is 13.2 Å². The van der Waals surface area contributed by atoms with Crippen molar-refractivity contribution in [3.63, 3.8) is 0 Å². The van der Waals surface area contributed by atoms with Crippen LogP contribution in [0.1, 0.15) is 64.9 Å². The van der Waals surface area contributed by atoms with Gasteiger partial charge in [-0.1, -0.05) is 33.8 Å². The summed E-state index contributed by atoms with van der Waals surface area (Å²) in [6, 6.07) is 4.69. The van der Waals surface area contributed by atoms with Gasteiger partial charge in [0.05, 0.1) is 13.0 Å². The first-order valence-corrected chi connectivity index (χ1v) is 10.3. The molecule has 1 aromatic rings. The number of carbonyl (C=O) groups excluding carboxylic acids is 3. The maximum absolute atomic E-state index is 13.5. The van der Waals surface area contributed by atoms with E-state index in [0.29, 0.717) is 29.7 Å². The summed E-state index contributed by atoms with van der Waals surface area (Å²) in [5.41, 5.74) is -1.50. The molecule has 1 aliphatic heterocycles. The maximum atomic E-state index is 13.5. The second-order valence-corrected chi connectivity index (χ2v) is 10.3. The second-order valence-electron chi connectivity index (χ2n) is 10.3. The van der Waals surface area contributed by atoms with Crippen molar-refractivity contribution >= 4 is 17.3 Å². The van der Waals surface area contributed by atoms with E-state index in [9.17, 15) is 19.5 Å². The van der Waals surface area contributed by atoms with E-state index in [2.05, 4.69) is 0 Å². The number of hydrogen-bond donors (Lipinski definition) is 1. The number of allylic oxidation sites excluding steroid dienone is 1. The Bertz CT molecular complexity index is 977. The van der Waals surface area contributed by atoms with Gasteiger partial charge in [-0.3, -0.25) is 14.4 Å². The molecule has 0 aromatic heterocycles. The van der Waals surface area contributed by atoms with Crippen LogP contribution in [0.15, 0.2) is 29.5 Å². The third kappa shape index (κ3) is 2.96. The van der Waals surface area contributed by atoms with E-state index in [1.54, 1.807) is 12.1 Å². The molecule has 1 heterocycles. The molecule has 2 aliphatic carbocycles. The van der Waals surface area contributed by atoms with Crippen molar-refractivity contribution in [3.05, 3.63) is 35.1 Å². The fraction of sp³-hybridized carbons (Fsp3) is 0.542. The van der Waals surface area contributed by atoms with Gasteiger partial charge < -0.3 is 14.6 Å². The minimum absolute atomic E-state index is 0.0537. The van der Waals surface area contributed by atoms with Crippen LogP contribution in [-0.4, -0.2) is 35.2 Å². The molecule has 4 rings (SSSR count). The molecule has 0 amide bonds. The summed E-state index contributed by atoms with van der Waals surface area (Å²) in [5.74, 6) is -0.892. The molecule has 1 fully saturated rings. The van der Waals surface area contributed by atoms with Crippen molar-refractivity contribution in [1.82, 2.24) is 0 Å². The zero-order valence-corrected chi connectivity index (χ0v) is 18.1. The van der Waals surface area contributed by atoms with E-state index in [0.717, 1.165) is 0 Å². The Hall–Kier alpha value is -2.63. The topological polar surface area (TPSA) is 89.9 Å². The van der Waals surface area contributed by atoms with Gasteiger partial charge in [0.1, 0.15) is 5.76 Å². The molecule has 1 aromatic carbocycles. The number of phenols is 1. The van der Waals surface area contributed by atoms with Gasteiger partial charge in [-0.15, -0.1) is 0 Å². The standard InChI is InChI=1S/C24H28O6/c1-22(2)9-15(26)20-17(10-22)30-24(18(27)11-23(3,4)12-19(24)28)21(20)13-6-7-14(25)16(8-13)29-5/h6-8,21,25H,9-12H2,1-5H3. The average molecular weight is 412 g/mol. The van der Waals surface area contributed by atoms with Crippen LogP contribution >= 0.6 is 0 Å². The molecule has 6 heteroatoms. The van der Waals surface area contributed by atoms with Crippen molar-refractivity contribution in [2.24, 2.45) is 10.8 Å². The van der Waals surface area contributed by atoms with E-state index in [-0.39, 0.29) is 47.1 Å². The average Bonchev–Trinajstić information content (AvgIpc) is 2.95. The highest BCUT2D eigenvalue weighted by Crippen LogP contribution is 2.57. The molecular formula is C24H28O6. The number of rotatable bonds is 2. The van der Waals surface area contributed by atoms with Crippen molar-refractivity contribution in [2.75, 3.05) is 7.11 Å². The van der Waals surface area contributed by atoms with Crippen molar-refractivity contribution in [3.8, 4) is 11.5 Å². The smallest absolute Gasteiger partial charge is 0.234 e. The van der Waals surface area contributed by atoms with Crippen molar-refractivity contribution in [1.29, 1.82) is 0 Å². The monoisotopic (exact) mass is 412 g/mol. The third-order valence-corrected chi connectivity index (χ3v) is 6.50. The number of benzene rings is 1. The number of phenolic OH excluding ortho intramolecular Hbond substituents is 1. The van der Waals surface area contributed by atoms with Crippen molar-refractivity contribution < 1.29 is 29.0 Å². The van der Waals surface area contributed by atoms with E-state index < -0.39 is 16.9 Å². The molecule has 6 nitrogen and oxygen atoms in total. The molecule has 1 N–H and O–H groups in total. The van der Waals surface area contributed by atoms with Crippen LogP contribution in [-0.2, 0) is 19.1 Å². The first kappa shape index (κ1) is 20.6. The van der Waals surface area contributed by atoms with E-state index >= 15 is 0 Å². The number of hydrogen-bond acceptors (Lipinski definition) is 6. The normalized spacial score (nSPS) is 26.6. The summed E-state index contributed by atoms with van der Waals surface area (Å²) in [6.07, 6.45) is 1.21. The van der Waals surface area contributed by atoms with Gasteiger partial charge in [0.25, 0.3) is 0 Å². The first-order valence-electron chi connectivity index (χ1n) is 10.3. The summed E-state index contributed by atoms with van der Waals surface area (Å²) in [6.45, 7) is 7.75. The first-order chi connectivity index (χ1) is 13.9. The predicted molar refractivity (Wildman–Crippen MR) is 109 cm³/mol. The Labute approximate surface area is 176 Å². The van der Waals surface area contributed by atoms with Crippen LogP contribution < -0.4 is 4.74 Å². The summed E-state index contributed by atoms with van der Waals surface area (Å²) < 4.78 is 11.5. The molecule has 0 radical (unpaired) electrons. The SMILES string of the molecule is COc1cc(C2C3=C(CC(C)(C)CC3=O)OC23C(=O)CC(C)(C)CC3=O)ccc1O. The van der Waals surface area contributed by atoms with Crippen LogP contribution in [0.5, 0.6) is 11.5 Å². The van der Waals surface area contributed by atoms with Gasteiger partial charge in [-0.25, -0.2) is 0 Å². The lowest BCUT2D eigenvalue weighted by atomic mass is 9.61. The highest BCUT2D eigenvalue weighted by atomic mass is 16.5. The lowest BCUT2D eigenvalue weighted by Gasteiger charge is -2.41. The lowest BCUT2D eigenvalue weighted by Crippen LogP contribution is -2.57. The summed E-state index contributed by atoms with van der Waals surface area (Å²) in [7, 11) is 1.43. The van der Waals surface area contributed by atoms with E-state index in [1.807, 2.05) is 27.7 Å². The summed E-state index contributed by atoms with van der Waals surface area (Å²) >= 11 is 0. The Morgan fingerprint density at radius 3 is 2.17 bits per heavy atom. The van der Waals surface area contributed by atoms with Crippen LogP contribution in [0.3, 0.4) is 0 Å². The predicted octanol–water partition coefficient (Wildman–Crippen LogP) is 3.85. The van der Waals surface area contributed by atoms with Gasteiger partial charge in [-0.2, -0.15) is 0 Å². The third-order valence-electron chi connectivity index (χ3n) is 6.50. The molecular weight excluding hydrogens is 384 g/mol. The summed E-state index contributed by atoms with van der Waals surface area (Å²) in [5, 5.41) is 10.0. The maximum Gasteiger partial charge on any atom is 0.234 e. The van der Waals surface area contributed by atoms with Gasteiger partial charge >= 0.3 is 0 Å². The highest BCUT2D eigenvalue weighted by molar-refractivity contribution is 6.17. The molecule has 160 valence electrons. The minimum Gasteiger partial charge on any atom is -0.504 e. The van der Waals surface area contributed by atoms with E-state index in [4.69, 9.17) is 9.47 Å². The number of methoxy groups -OCH3 is 1. The number of carbonyl (C=O) groups is 3. The fourth-order valence-corrected chi connectivity index (χ4v) is 5.21. The highest BCUT2D eigenvalue weighted by Gasteiger charge is 2.65. The zero-order chi connectivity index (χ0) is 22.1. The van der Waals surface area contributed by atoms with Crippen LogP contribution in [0.4, 0.5) is 0 Å². The molecule has 1 spiro atoms. The molecule has 3 aliphatic rings. The number of aromatic hydroxyl groups is 1. The Balaban J connectivity index is 1.93. The zero-order valence-electron chi connectivity index (χ0n) is 18.1. The quantitative estimate of drug-likeness (QED) is 0.742. The molecule has 1 unspecified atom stereocenters. The molecule has 1 atom stereocenters. The number of Topliss-reactive ketones (excluding diaryl/α,β-unsaturated/α-hetero) is 3. The number of ether oxygens (including phenoxy) is 2.